The molecule has 0 N–H and O–H groups in total. The van der Waals surface area contributed by atoms with Gasteiger partial charge >= 0.3 is 0 Å². The van der Waals surface area contributed by atoms with Crippen LogP contribution in [0, 0.1) is 0 Å². The summed E-state index contributed by atoms with van der Waals surface area (Å²) in [4.78, 5) is 2.51. The highest BCUT2D eigenvalue weighted by Crippen LogP contribution is 2.58. The van der Waals surface area contributed by atoms with E-state index in [4.69, 9.17) is 0 Å². The lowest BCUT2D eigenvalue weighted by molar-refractivity contribution is 0.550. The van der Waals surface area contributed by atoms with Gasteiger partial charge in [-0.25, -0.2) is 0 Å². The van der Waals surface area contributed by atoms with Crippen molar-refractivity contribution in [2.75, 3.05) is 4.90 Å². The van der Waals surface area contributed by atoms with Crippen LogP contribution < -0.4 is 4.90 Å². The molecular formula is C59H44N2. The van der Waals surface area contributed by atoms with Gasteiger partial charge in [-0.2, -0.15) is 0 Å². The molecule has 0 bridgehead atoms. The molecule has 1 aromatic heterocycles. The molecule has 0 aliphatic heterocycles. The highest BCUT2D eigenvalue weighted by molar-refractivity contribution is 6.09. The summed E-state index contributed by atoms with van der Waals surface area (Å²) in [6.07, 6.45) is 4.91. The fraction of sp³-hybridized carbons (Fsp3) is 0.0847. The molecule has 0 unspecified atom stereocenters. The van der Waals surface area contributed by atoms with Crippen LogP contribution in [0.3, 0.4) is 0 Å². The number of nitrogens with zero attached hydrogens (tertiary/aromatic N) is 2. The number of benzene rings is 9. The number of rotatable bonds is 7. The molecule has 2 aliphatic rings. The van der Waals surface area contributed by atoms with Crippen LogP contribution in [-0.2, 0) is 5.41 Å². The van der Waals surface area contributed by atoms with E-state index in [1.165, 1.54) is 109 Å². The molecule has 1 saturated carbocycles. The molecule has 290 valence electrons. The molecule has 0 amide bonds. The number of aromatic nitrogens is 1. The third-order valence-corrected chi connectivity index (χ3v) is 13.6. The zero-order chi connectivity index (χ0) is 40.3. The molecule has 61 heavy (non-hydrogen) atoms. The van der Waals surface area contributed by atoms with Crippen LogP contribution in [0.2, 0.25) is 0 Å². The van der Waals surface area contributed by atoms with Crippen LogP contribution in [0.1, 0.15) is 36.8 Å². The Morgan fingerprint density at radius 2 is 0.852 bits per heavy atom. The van der Waals surface area contributed by atoms with Crippen LogP contribution in [0.4, 0.5) is 17.1 Å². The Hall–Kier alpha value is -7.42. The van der Waals surface area contributed by atoms with Gasteiger partial charge in [0.1, 0.15) is 0 Å². The lowest BCUT2D eigenvalue weighted by Crippen LogP contribution is -2.21. The molecule has 2 aliphatic carbocycles. The van der Waals surface area contributed by atoms with Gasteiger partial charge in [-0.15, -0.1) is 0 Å². The first-order valence-corrected chi connectivity index (χ1v) is 21.7. The molecule has 1 spiro atoms. The second-order valence-corrected chi connectivity index (χ2v) is 16.8. The Kier molecular flexibility index (Phi) is 8.38. The van der Waals surface area contributed by atoms with Crippen molar-refractivity contribution in [1.29, 1.82) is 0 Å². The summed E-state index contributed by atoms with van der Waals surface area (Å²) in [5.74, 6) is 0. The van der Waals surface area contributed by atoms with Crippen LogP contribution in [-0.4, -0.2) is 4.57 Å². The smallest absolute Gasteiger partial charge is 0.0541 e. The number of para-hydroxylation sites is 3. The van der Waals surface area contributed by atoms with E-state index >= 15 is 0 Å². The molecule has 0 radical (unpaired) electrons. The third kappa shape index (κ3) is 5.63. The molecule has 0 saturated heterocycles. The zero-order valence-electron chi connectivity index (χ0n) is 34.0. The lowest BCUT2D eigenvalue weighted by atomic mass is 9.76. The Bertz CT molecular complexity index is 3200. The Balaban J connectivity index is 1.06. The van der Waals surface area contributed by atoms with E-state index in [0.29, 0.717) is 0 Å². The quantitative estimate of drug-likeness (QED) is 0.156. The molecule has 2 nitrogen and oxygen atoms in total. The normalized spacial score (nSPS) is 13.8. The predicted octanol–water partition coefficient (Wildman–Crippen LogP) is 16.1. The molecule has 9 aromatic carbocycles. The molecule has 2 heteroatoms. The summed E-state index contributed by atoms with van der Waals surface area (Å²) in [6.45, 7) is 0. The fourth-order valence-corrected chi connectivity index (χ4v) is 10.9. The van der Waals surface area contributed by atoms with E-state index in [9.17, 15) is 0 Å². The summed E-state index contributed by atoms with van der Waals surface area (Å²) in [6, 6.07) is 80.8. The van der Waals surface area contributed by atoms with E-state index in [1.807, 2.05) is 0 Å². The Morgan fingerprint density at radius 1 is 0.361 bits per heavy atom. The third-order valence-electron chi connectivity index (χ3n) is 13.6. The van der Waals surface area contributed by atoms with Crippen molar-refractivity contribution in [3.63, 3.8) is 0 Å². The van der Waals surface area contributed by atoms with E-state index in [0.717, 1.165) is 17.1 Å². The second-order valence-electron chi connectivity index (χ2n) is 16.8. The van der Waals surface area contributed by atoms with Gasteiger partial charge in [0.25, 0.3) is 0 Å². The first kappa shape index (κ1) is 35.5. The standard InChI is InChI=1S/C59H44N2/c1-2-18-41(19-3-1)45-20-4-5-21-46(45)47-22-6-7-23-48(47)51-25-9-13-29-56(51)60(44-36-37-50-49-24-8-12-28-54(49)59(55(50)40-44)38-16-17-39-59)42-32-34-43(35-33-42)61-57-30-14-10-26-52(57)53-27-11-15-31-58(53)61/h1-15,18-37,40H,16-17,38-39H2. The summed E-state index contributed by atoms with van der Waals surface area (Å²) in [7, 11) is 0. The van der Waals surface area contributed by atoms with Gasteiger partial charge in [0.2, 0.25) is 0 Å². The monoisotopic (exact) mass is 780 g/mol. The lowest BCUT2D eigenvalue weighted by Gasteiger charge is -2.31. The zero-order valence-corrected chi connectivity index (χ0v) is 34.0. The fourth-order valence-electron chi connectivity index (χ4n) is 10.9. The minimum absolute atomic E-state index is 0.0568. The van der Waals surface area contributed by atoms with Gasteiger partial charge in [-0.1, -0.05) is 177 Å². The van der Waals surface area contributed by atoms with Crippen molar-refractivity contribution in [1.82, 2.24) is 4.57 Å². The maximum atomic E-state index is 2.54. The first-order valence-electron chi connectivity index (χ1n) is 21.7. The SMILES string of the molecule is c1ccc(-c2ccccc2-c2ccccc2-c2ccccc2N(c2ccc(-n3c4ccccc4c4ccccc43)cc2)c2ccc3c(c2)C2(CCCC2)c2ccccc2-3)cc1. The minimum Gasteiger partial charge on any atom is -0.310 e. The van der Waals surface area contributed by atoms with E-state index in [2.05, 4.69) is 228 Å². The molecule has 10 aromatic rings. The molecule has 1 fully saturated rings. The van der Waals surface area contributed by atoms with Gasteiger partial charge in [0.15, 0.2) is 0 Å². The van der Waals surface area contributed by atoms with Crippen LogP contribution >= 0.6 is 0 Å². The van der Waals surface area contributed by atoms with Crippen LogP contribution in [0.5, 0.6) is 0 Å². The number of fused-ring (bicyclic) bond motifs is 8. The van der Waals surface area contributed by atoms with Crippen molar-refractivity contribution < 1.29 is 0 Å². The van der Waals surface area contributed by atoms with Crippen LogP contribution in [0.15, 0.2) is 218 Å². The predicted molar refractivity (Wildman–Crippen MR) is 256 cm³/mol. The maximum absolute atomic E-state index is 2.54. The van der Waals surface area contributed by atoms with E-state index < -0.39 is 0 Å². The molecular weight excluding hydrogens is 737 g/mol. The van der Waals surface area contributed by atoms with E-state index in [-0.39, 0.29) is 5.41 Å². The average Bonchev–Trinajstić information content (AvgIpc) is 4.04. The molecule has 12 rings (SSSR count). The van der Waals surface area contributed by atoms with E-state index in [1.54, 1.807) is 0 Å². The topological polar surface area (TPSA) is 8.17 Å². The highest BCUT2D eigenvalue weighted by atomic mass is 15.1. The largest absolute Gasteiger partial charge is 0.310 e. The van der Waals surface area contributed by atoms with Crippen molar-refractivity contribution in [3.8, 4) is 50.2 Å². The summed E-state index contributed by atoms with van der Waals surface area (Å²) in [5, 5.41) is 2.54. The number of anilines is 3. The van der Waals surface area contributed by atoms with Crippen molar-refractivity contribution in [2.45, 2.75) is 31.1 Å². The Labute approximate surface area is 357 Å². The van der Waals surface area contributed by atoms with Gasteiger partial charge in [-0.05, 0) is 118 Å². The van der Waals surface area contributed by atoms with Gasteiger partial charge in [0, 0.05) is 38.8 Å². The number of hydrogen-bond acceptors (Lipinski definition) is 1. The number of hydrogen-bond donors (Lipinski definition) is 0. The average molecular weight is 781 g/mol. The molecule has 1 heterocycles. The van der Waals surface area contributed by atoms with Gasteiger partial charge < -0.3 is 9.47 Å². The van der Waals surface area contributed by atoms with Crippen LogP contribution in [0.25, 0.3) is 72.0 Å². The summed E-state index contributed by atoms with van der Waals surface area (Å²) < 4.78 is 2.41. The van der Waals surface area contributed by atoms with Crippen molar-refractivity contribution in [2.24, 2.45) is 0 Å². The maximum Gasteiger partial charge on any atom is 0.0541 e. The Morgan fingerprint density at radius 3 is 1.54 bits per heavy atom. The van der Waals surface area contributed by atoms with Crippen molar-refractivity contribution >= 4 is 38.9 Å². The first-order chi connectivity index (χ1) is 30.3. The summed E-state index contributed by atoms with van der Waals surface area (Å²) >= 11 is 0. The van der Waals surface area contributed by atoms with Gasteiger partial charge in [-0.3, -0.25) is 0 Å². The molecule has 0 atom stereocenters. The minimum atomic E-state index is 0.0568. The second kappa shape index (κ2) is 14.4. The van der Waals surface area contributed by atoms with Crippen molar-refractivity contribution in [3.05, 3.63) is 230 Å². The summed E-state index contributed by atoms with van der Waals surface area (Å²) in [5.41, 5.74) is 20.1. The van der Waals surface area contributed by atoms with Gasteiger partial charge in [0.05, 0.1) is 16.7 Å². The highest BCUT2D eigenvalue weighted by Gasteiger charge is 2.45.